The van der Waals surface area contributed by atoms with E-state index in [1.165, 1.54) is 0 Å². The van der Waals surface area contributed by atoms with Gasteiger partial charge < -0.3 is 10.2 Å². The minimum Gasteiger partial charge on any atom is -0.343 e. The van der Waals surface area contributed by atoms with Crippen LogP contribution in [0.15, 0.2) is 12.4 Å². The third kappa shape index (κ3) is 2.84. The van der Waals surface area contributed by atoms with Crippen LogP contribution in [0.5, 0.6) is 0 Å². The van der Waals surface area contributed by atoms with Gasteiger partial charge >= 0.3 is 0 Å². The maximum absolute atomic E-state index is 12.5. The van der Waals surface area contributed by atoms with Gasteiger partial charge in [0.15, 0.2) is 0 Å². The van der Waals surface area contributed by atoms with Gasteiger partial charge in [-0.1, -0.05) is 20.3 Å². The van der Waals surface area contributed by atoms with Crippen LogP contribution < -0.4 is 5.32 Å². The molecule has 1 fully saturated rings. The van der Waals surface area contributed by atoms with Crippen LogP contribution in [0.4, 0.5) is 0 Å². The molecule has 6 nitrogen and oxygen atoms in total. The van der Waals surface area contributed by atoms with Crippen LogP contribution in [-0.2, 0) is 23.2 Å². The van der Waals surface area contributed by atoms with E-state index in [2.05, 4.69) is 10.4 Å². The van der Waals surface area contributed by atoms with Crippen LogP contribution in [0, 0.1) is 0 Å². The number of carbonyl (C=O) groups is 2. The molecular formula is C14H22N4O2. The quantitative estimate of drug-likeness (QED) is 0.867. The Hall–Kier alpha value is -1.85. The molecule has 2 unspecified atom stereocenters. The number of hydrogen-bond acceptors (Lipinski definition) is 3. The molecule has 0 bridgehead atoms. The highest BCUT2D eigenvalue weighted by molar-refractivity contribution is 5.96. The Morgan fingerprint density at radius 3 is 2.65 bits per heavy atom. The van der Waals surface area contributed by atoms with Crippen molar-refractivity contribution in [3.05, 3.63) is 18.0 Å². The largest absolute Gasteiger partial charge is 0.343 e. The van der Waals surface area contributed by atoms with E-state index in [0.29, 0.717) is 19.4 Å². The Balaban J connectivity index is 2.19. The van der Waals surface area contributed by atoms with Gasteiger partial charge in [-0.05, 0) is 12.8 Å². The lowest BCUT2D eigenvalue weighted by atomic mass is 10.0. The number of piperazine rings is 1. The van der Waals surface area contributed by atoms with Crippen LogP contribution in [0.1, 0.15) is 38.7 Å². The fourth-order valence-corrected chi connectivity index (χ4v) is 2.65. The van der Waals surface area contributed by atoms with Crippen LogP contribution in [-0.4, -0.2) is 38.6 Å². The van der Waals surface area contributed by atoms with Crippen molar-refractivity contribution >= 4 is 11.8 Å². The predicted molar refractivity (Wildman–Crippen MR) is 74.7 cm³/mol. The summed E-state index contributed by atoms with van der Waals surface area (Å²) in [5.74, 6) is -0.0309. The fourth-order valence-electron chi connectivity index (χ4n) is 2.65. The first-order valence-corrected chi connectivity index (χ1v) is 7.15. The van der Waals surface area contributed by atoms with Gasteiger partial charge in [-0.15, -0.1) is 0 Å². The van der Waals surface area contributed by atoms with Gasteiger partial charge in [0.1, 0.15) is 12.1 Å². The van der Waals surface area contributed by atoms with Gasteiger partial charge in [0.05, 0.1) is 6.20 Å². The Bertz CT molecular complexity index is 497. The van der Waals surface area contributed by atoms with E-state index in [1.54, 1.807) is 15.8 Å². The third-order valence-electron chi connectivity index (χ3n) is 3.65. The van der Waals surface area contributed by atoms with Crippen molar-refractivity contribution in [1.29, 1.82) is 0 Å². The van der Waals surface area contributed by atoms with E-state index in [1.807, 2.05) is 27.1 Å². The van der Waals surface area contributed by atoms with Crippen LogP contribution in [0.2, 0.25) is 0 Å². The number of carbonyl (C=O) groups excluding carboxylic acids is 2. The standard InChI is InChI=1S/C14H22N4O2/c1-4-6-11-14(20)18(12(5-2)13(19)16-11)9-10-7-15-17(3)8-10/h7-8,11-12H,4-6,9H2,1-3H3,(H,16,19). The average Bonchev–Trinajstić information content (AvgIpc) is 2.81. The lowest BCUT2D eigenvalue weighted by molar-refractivity contribution is -0.150. The molecular weight excluding hydrogens is 256 g/mol. The zero-order chi connectivity index (χ0) is 14.7. The summed E-state index contributed by atoms with van der Waals surface area (Å²) in [4.78, 5) is 26.4. The zero-order valence-corrected chi connectivity index (χ0v) is 12.3. The molecule has 1 aromatic rings. The van der Waals surface area contributed by atoms with Crippen molar-refractivity contribution in [2.24, 2.45) is 7.05 Å². The third-order valence-corrected chi connectivity index (χ3v) is 3.65. The molecule has 0 radical (unpaired) electrons. The highest BCUT2D eigenvalue weighted by Gasteiger charge is 2.38. The van der Waals surface area contributed by atoms with Gasteiger partial charge in [-0.2, -0.15) is 5.10 Å². The van der Waals surface area contributed by atoms with E-state index in [4.69, 9.17) is 0 Å². The van der Waals surface area contributed by atoms with Gasteiger partial charge in [-0.3, -0.25) is 14.3 Å². The number of nitrogens with zero attached hydrogens (tertiary/aromatic N) is 3. The van der Waals surface area contributed by atoms with E-state index in [9.17, 15) is 9.59 Å². The van der Waals surface area contributed by atoms with Crippen molar-refractivity contribution in [3.63, 3.8) is 0 Å². The van der Waals surface area contributed by atoms with Crippen molar-refractivity contribution in [2.45, 2.75) is 51.7 Å². The summed E-state index contributed by atoms with van der Waals surface area (Å²) in [7, 11) is 1.84. The van der Waals surface area contributed by atoms with Gasteiger partial charge in [-0.25, -0.2) is 0 Å². The van der Waals surface area contributed by atoms with Crippen LogP contribution >= 0.6 is 0 Å². The second-order valence-corrected chi connectivity index (χ2v) is 5.26. The molecule has 1 aliphatic rings. The van der Waals surface area contributed by atoms with Gasteiger partial charge in [0.2, 0.25) is 11.8 Å². The number of nitrogens with one attached hydrogen (secondary N) is 1. The molecule has 0 spiro atoms. The number of hydrogen-bond donors (Lipinski definition) is 1. The minimum atomic E-state index is -0.382. The highest BCUT2D eigenvalue weighted by Crippen LogP contribution is 2.18. The highest BCUT2D eigenvalue weighted by atomic mass is 16.2. The number of amides is 2. The van der Waals surface area contributed by atoms with Crippen molar-refractivity contribution in [1.82, 2.24) is 20.0 Å². The van der Waals surface area contributed by atoms with E-state index in [-0.39, 0.29) is 23.9 Å². The van der Waals surface area contributed by atoms with Crippen molar-refractivity contribution in [3.8, 4) is 0 Å². The number of aryl methyl sites for hydroxylation is 1. The van der Waals surface area contributed by atoms with E-state index >= 15 is 0 Å². The van der Waals surface area contributed by atoms with Crippen molar-refractivity contribution in [2.75, 3.05) is 0 Å². The molecule has 2 rings (SSSR count). The van der Waals surface area contributed by atoms with Gasteiger partial charge in [0, 0.05) is 25.4 Å². The van der Waals surface area contributed by atoms with Crippen molar-refractivity contribution < 1.29 is 9.59 Å². The molecule has 1 aliphatic heterocycles. The molecule has 1 saturated heterocycles. The molecule has 0 aromatic carbocycles. The second-order valence-electron chi connectivity index (χ2n) is 5.26. The number of rotatable bonds is 5. The SMILES string of the molecule is CCCC1NC(=O)C(CC)N(Cc2cnn(C)c2)C1=O. The molecule has 20 heavy (non-hydrogen) atoms. The maximum Gasteiger partial charge on any atom is 0.246 e. The molecule has 2 atom stereocenters. The Labute approximate surface area is 119 Å². The first kappa shape index (κ1) is 14.6. The van der Waals surface area contributed by atoms with Crippen LogP contribution in [0.3, 0.4) is 0 Å². The Morgan fingerprint density at radius 1 is 1.35 bits per heavy atom. The summed E-state index contributed by atoms with van der Waals surface area (Å²) in [6.45, 7) is 4.38. The monoisotopic (exact) mass is 278 g/mol. The molecule has 0 aliphatic carbocycles. The predicted octanol–water partition coefficient (Wildman–Crippen LogP) is 0.826. The normalized spacial score (nSPS) is 23.1. The Kier molecular flexibility index (Phi) is 4.42. The fraction of sp³-hybridized carbons (Fsp3) is 0.643. The molecule has 110 valence electrons. The summed E-state index contributed by atoms with van der Waals surface area (Å²) in [5.41, 5.74) is 0.948. The average molecular weight is 278 g/mol. The topological polar surface area (TPSA) is 67.2 Å². The molecule has 1 aromatic heterocycles. The molecule has 0 saturated carbocycles. The number of aromatic nitrogens is 2. The summed E-state index contributed by atoms with van der Waals surface area (Å²) in [6, 6.07) is -0.761. The maximum atomic E-state index is 12.5. The summed E-state index contributed by atoms with van der Waals surface area (Å²) in [6.07, 6.45) is 5.79. The minimum absolute atomic E-state index is 0.0159. The lowest BCUT2D eigenvalue weighted by Gasteiger charge is -2.38. The van der Waals surface area contributed by atoms with Gasteiger partial charge in [0.25, 0.3) is 0 Å². The molecule has 6 heteroatoms. The lowest BCUT2D eigenvalue weighted by Crippen LogP contribution is -2.62. The smallest absolute Gasteiger partial charge is 0.246 e. The van der Waals surface area contributed by atoms with E-state index < -0.39 is 0 Å². The second kappa shape index (κ2) is 6.07. The van der Waals surface area contributed by atoms with Crippen LogP contribution in [0.25, 0.3) is 0 Å². The first-order valence-electron chi connectivity index (χ1n) is 7.15. The first-order chi connectivity index (χ1) is 9.56. The summed E-state index contributed by atoms with van der Waals surface area (Å²) >= 11 is 0. The molecule has 2 heterocycles. The molecule has 1 N–H and O–H groups in total. The molecule has 2 amide bonds. The summed E-state index contributed by atoms with van der Waals surface area (Å²) < 4.78 is 1.70. The summed E-state index contributed by atoms with van der Waals surface area (Å²) in [5, 5.41) is 6.95. The van der Waals surface area contributed by atoms with E-state index in [0.717, 1.165) is 12.0 Å². The Morgan fingerprint density at radius 2 is 2.10 bits per heavy atom. The zero-order valence-electron chi connectivity index (χ0n) is 12.3.